The summed E-state index contributed by atoms with van der Waals surface area (Å²) in [5.74, 6) is 1.02. The normalized spacial score (nSPS) is 17.6. The molecule has 0 saturated heterocycles. The number of hydrogen-bond donors (Lipinski definition) is 1. The van der Waals surface area contributed by atoms with E-state index in [9.17, 15) is 8.78 Å². The molecule has 4 rings (SSSR count). The number of rotatable bonds is 7. The SMILES string of the molecule is C=C(C)c1cc(F)cnc1NCc1cc(C)cc2c1N=C(N(CC)CC1CCC1F)N(C)C2=C.CC.CC. The molecule has 0 spiro atoms. The minimum Gasteiger partial charge on any atom is -0.365 e. The van der Waals surface area contributed by atoms with Gasteiger partial charge in [-0.25, -0.2) is 18.8 Å². The van der Waals surface area contributed by atoms with Crippen molar-refractivity contribution in [1.82, 2.24) is 14.8 Å². The first-order valence-corrected chi connectivity index (χ1v) is 13.8. The molecule has 1 saturated carbocycles. The highest BCUT2D eigenvalue weighted by molar-refractivity contribution is 5.97. The van der Waals surface area contributed by atoms with Crippen molar-refractivity contribution in [2.24, 2.45) is 10.9 Å². The average Bonchev–Trinajstić information content (AvgIpc) is 2.92. The molecule has 208 valence electrons. The van der Waals surface area contributed by atoms with Crippen molar-refractivity contribution in [3.63, 3.8) is 0 Å². The molecule has 0 bridgehead atoms. The quantitative estimate of drug-likeness (QED) is 0.396. The molecule has 2 aliphatic rings. The number of benzene rings is 1. The van der Waals surface area contributed by atoms with E-state index in [0.29, 0.717) is 30.9 Å². The third kappa shape index (κ3) is 6.80. The van der Waals surface area contributed by atoms with Crippen LogP contribution in [0.15, 0.2) is 42.5 Å². The van der Waals surface area contributed by atoms with E-state index in [1.165, 1.54) is 12.3 Å². The van der Waals surface area contributed by atoms with Crippen LogP contribution in [0.1, 0.15) is 76.6 Å². The van der Waals surface area contributed by atoms with E-state index in [1.807, 2.05) is 53.5 Å². The zero-order valence-electron chi connectivity index (χ0n) is 24.5. The molecular formula is C31H45F2N5. The molecule has 2 atom stereocenters. The number of pyridine rings is 1. The highest BCUT2D eigenvalue weighted by Crippen LogP contribution is 2.38. The van der Waals surface area contributed by atoms with Gasteiger partial charge in [-0.15, -0.1) is 0 Å². The first-order valence-electron chi connectivity index (χ1n) is 13.8. The third-order valence-corrected chi connectivity index (χ3v) is 6.77. The van der Waals surface area contributed by atoms with Crippen LogP contribution in [-0.4, -0.2) is 47.1 Å². The number of nitrogens with zero attached hydrogens (tertiary/aromatic N) is 4. The standard InChI is InChI=1S/C27H33F2N5.2C2H6/c1-7-34(15-19-8-9-24(19)29)27-32-25-20(10-17(4)11-23(25)18(5)33(27)6)13-30-26-22(16(2)3)12-21(28)14-31-26;2*1-2/h10-12,14,19,24H,2,5,7-9,13,15H2,1,3-4,6H3,(H,30,31);2*1-2H3. The van der Waals surface area contributed by atoms with Crippen molar-refractivity contribution in [3.8, 4) is 0 Å². The van der Waals surface area contributed by atoms with Crippen molar-refractivity contribution in [2.45, 2.75) is 74.0 Å². The maximum Gasteiger partial charge on any atom is 0.206 e. The van der Waals surface area contributed by atoms with Crippen LogP contribution in [0.2, 0.25) is 0 Å². The predicted molar refractivity (Wildman–Crippen MR) is 159 cm³/mol. The Hall–Kier alpha value is -3.22. The minimum absolute atomic E-state index is 0.0509. The minimum atomic E-state index is -0.729. The Bertz CT molecular complexity index is 1160. The molecular weight excluding hydrogens is 480 g/mol. The summed E-state index contributed by atoms with van der Waals surface area (Å²) in [6.45, 7) is 24.1. The molecule has 7 heteroatoms. The molecule has 1 N–H and O–H groups in total. The van der Waals surface area contributed by atoms with E-state index in [2.05, 4.69) is 47.4 Å². The summed E-state index contributed by atoms with van der Waals surface area (Å²) >= 11 is 0. The summed E-state index contributed by atoms with van der Waals surface area (Å²) in [5.41, 5.74) is 6.14. The second-order valence-corrected chi connectivity index (χ2v) is 9.31. The Morgan fingerprint density at radius 2 is 1.87 bits per heavy atom. The molecule has 0 amide bonds. The van der Waals surface area contributed by atoms with Crippen LogP contribution in [0.3, 0.4) is 0 Å². The van der Waals surface area contributed by atoms with Gasteiger partial charge in [0.2, 0.25) is 5.96 Å². The average molecular weight is 526 g/mol. The van der Waals surface area contributed by atoms with Crippen molar-refractivity contribution in [2.75, 3.05) is 25.5 Å². The van der Waals surface area contributed by atoms with Crippen LogP contribution >= 0.6 is 0 Å². The largest absolute Gasteiger partial charge is 0.365 e. The lowest BCUT2D eigenvalue weighted by molar-refractivity contribution is 0.0904. The van der Waals surface area contributed by atoms with Crippen molar-refractivity contribution < 1.29 is 8.78 Å². The van der Waals surface area contributed by atoms with E-state index in [1.54, 1.807) is 0 Å². The van der Waals surface area contributed by atoms with Gasteiger partial charge in [0.1, 0.15) is 17.8 Å². The van der Waals surface area contributed by atoms with Gasteiger partial charge in [-0.1, -0.05) is 46.9 Å². The summed E-state index contributed by atoms with van der Waals surface area (Å²) in [6, 6.07) is 5.62. The molecule has 38 heavy (non-hydrogen) atoms. The van der Waals surface area contributed by atoms with E-state index in [0.717, 1.165) is 52.6 Å². The maximum absolute atomic E-state index is 14.0. The number of halogens is 2. The fourth-order valence-electron chi connectivity index (χ4n) is 4.55. The summed E-state index contributed by atoms with van der Waals surface area (Å²) in [4.78, 5) is 13.4. The Morgan fingerprint density at radius 1 is 1.18 bits per heavy atom. The van der Waals surface area contributed by atoms with Crippen LogP contribution in [0.5, 0.6) is 0 Å². The van der Waals surface area contributed by atoms with Gasteiger partial charge in [0.15, 0.2) is 0 Å². The smallest absolute Gasteiger partial charge is 0.206 e. The highest BCUT2D eigenvalue weighted by atomic mass is 19.1. The topological polar surface area (TPSA) is 43.8 Å². The van der Waals surface area contributed by atoms with Crippen molar-refractivity contribution >= 4 is 28.7 Å². The molecule has 1 fully saturated rings. The molecule has 2 aromatic rings. The number of aryl methyl sites for hydroxylation is 1. The number of alkyl halides is 1. The first kappa shape index (κ1) is 31.0. The molecule has 5 nitrogen and oxygen atoms in total. The zero-order chi connectivity index (χ0) is 28.6. The Balaban J connectivity index is 0.00000121. The van der Waals surface area contributed by atoms with E-state index < -0.39 is 12.0 Å². The first-order chi connectivity index (χ1) is 18.2. The van der Waals surface area contributed by atoms with Gasteiger partial charge in [-0.2, -0.15) is 0 Å². The van der Waals surface area contributed by atoms with Crippen LogP contribution in [0.25, 0.3) is 11.3 Å². The Labute approximate surface area is 228 Å². The fraction of sp³-hybridized carbons (Fsp3) is 0.484. The van der Waals surface area contributed by atoms with Gasteiger partial charge in [-0.3, -0.25) is 0 Å². The number of aliphatic imine (C=N–C) groups is 1. The van der Waals surface area contributed by atoms with E-state index >= 15 is 0 Å². The molecule has 2 heterocycles. The second kappa shape index (κ2) is 14.1. The van der Waals surface area contributed by atoms with Crippen LogP contribution in [0, 0.1) is 18.7 Å². The summed E-state index contributed by atoms with van der Waals surface area (Å²) in [7, 11) is 1.96. The van der Waals surface area contributed by atoms with Gasteiger partial charge in [-0.05, 0) is 62.4 Å². The summed E-state index contributed by atoms with van der Waals surface area (Å²) < 4.78 is 27.7. The van der Waals surface area contributed by atoms with Gasteiger partial charge in [0.25, 0.3) is 0 Å². The molecule has 1 aliphatic carbocycles. The summed E-state index contributed by atoms with van der Waals surface area (Å²) in [5, 5.41) is 3.34. The van der Waals surface area contributed by atoms with Gasteiger partial charge >= 0.3 is 0 Å². The van der Waals surface area contributed by atoms with E-state index in [4.69, 9.17) is 4.99 Å². The zero-order valence-corrected chi connectivity index (χ0v) is 24.5. The monoisotopic (exact) mass is 525 g/mol. The maximum atomic E-state index is 14.0. The lowest BCUT2D eigenvalue weighted by atomic mass is 9.83. The molecule has 1 aromatic heterocycles. The number of nitrogens with one attached hydrogen (secondary N) is 1. The second-order valence-electron chi connectivity index (χ2n) is 9.31. The molecule has 1 aliphatic heterocycles. The fourth-order valence-corrected chi connectivity index (χ4v) is 4.55. The van der Waals surface area contributed by atoms with E-state index in [-0.39, 0.29) is 5.92 Å². The summed E-state index contributed by atoms with van der Waals surface area (Å²) in [6.07, 6.45) is 2.03. The Morgan fingerprint density at radius 3 is 2.42 bits per heavy atom. The lowest BCUT2D eigenvalue weighted by Gasteiger charge is -2.40. The van der Waals surface area contributed by atoms with Gasteiger partial charge in [0.05, 0.1) is 11.9 Å². The number of fused-ring (bicyclic) bond motifs is 1. The molecule has 2 unspecified atom stereocenters. The molecule has 1 aromatic carbocycles. The number of anilines is 1. The van der Waals surface area contributed by atoms with Crippen LogP contribution in [-0.2, 0) is 6.54 Å². The number of hydrogen-bond acceptors (Lipinski definition) is 5. The van der Waals surface area contributed by atoms with Crippen molar-refractivity contribution in [1.29, 1.82) is 0 Å². The van der Waals surface area contributed by atoms with Crippen LogP contribution < -0.4 is 5.32 Å². The molecule has 0 radical (unpaired) electrons. The lowest BCUT2D eigenvalue weighted by Crippen LogP contribution is -2.47. The number of aromatic nitrogens is 1. The Kier molecular flexibility index (Phi) is 11.5. The van der Waals surface area contributed by atoms with Gasteiger partial charge < -0.3 is 15.1 Å². The van der Waals surface area contributed by atoms with Crippen molar-refractivity contribution in [3.05, 3.63) is 65.6 Å². The predicted octanol–water partition coefficient (Wildman–Crippen LogP) is 8.20. The number of guanidine groups is 1. The number of allylic oxidation sites excluding steroid dienone is 1. The third-order valence-electron chi connectivity index (χ3n) is 6.77. The van der Waals surface area contributed by atoms with Crippen LogP contribution in [0.4, 0.5) is 20.3 Å². The highest BCUT2D eigenvalue weighted by Gasteiger charge is 2.34. The van der Waals surface area contributed by atoms with Gasteiger partial charge in [0, 0.05) is 49.4 Å².